The van der Waals surface area contributed by atoms with Crippen molar-refractivity contribution in [2.75, 3.05) is 5.32 Å². The van der Waals surface area contributed by atoms with Gasteiger partial charge in [0.25, 0.3) is 0 Å². The van der Waals surface area contributed by atoms with E-state index in [4.69, 9.17) is 23.2 Å². The zero-order valence-corrected chi connectivity index (χ0v) is 16.7. The molecule has 0 spiro atoms. The smallest absolute Gasteiger partial charge is 0.233 e. The molecule has 1 amide bonds. The second kappa shape index (κ2) is 8.52. The lowest BCUT2D eigenvalue weighted by molar-refractivity contribution is -0.118. The summed E-state index contributed by atoms with van der Waals surface area (Å²) in [5, 5.41) is 3.91. The fourth-order valence-corrected chi connectivity index (χ4v) is 3.91. The third kappa shape index (κ3) is 4.96. The third-order valence-electron chi connectivity index (χ3n) is 4.68. The maximum absolute atomic E-state index is 12.9. The molecule has 1 fully saturated rings. The molecule has 1 aromatic heterocycles. The first kappa shape index (κ1) is 18.7. The summed E-state index contributed by atoms with van der Waals surface area (Å²) in [5.41, 5.74) is 0.899. The van der Waals surface area contributed by atoms with Crippen molar-refractivity contribution in [3.05, 3.63) is 56.6 Å². The van der Waals surface area contributed by atoms with Gasteiger partial charge in [-0.1, -0.05) is 55.0 Å². The van der Waals surface area contributed by atoms with Crippen molar-refractivity contribution in [3.63, 3.8) is 0 Å². The molecule has 1 aliphatic carbocycles. The van der Waals surface area contributed by atoms with Crippen molar-refractivity contribution in [3.8, 4) is 0 Å². The van der Waals surface area contributed by atoms with Gasteiger partial charge in [0, 0.05) is 10.7 Å². The Kier molecular flexibility index (Phi) is 6.37. The van der Waals surface area contributed by atoms with E-state index < -0.39 is 0 Å². The lowest BCUT2D eigenvalue weighted by Gasteiger charge is -2.21. The quantitative estimate of drug-likeness (QED) is 0.578. The number of hydrogen-bond donors (Lipinski definition) is 1. The molecule has 3 rings (SSSR count). The minimum Gasteiger partial charge on any atom is -0.310 e. The SMILES string of the molecule is O=C(Nc1ccc(Br)cn1)C(CC1CCCC1)c1ccc(Cl)c(Cl)c1. The Morgan fingerprint density at radius 2 is 1.96 bits per heavy atom. The summed E-state index contributed by atoms with van der Waals surface area (Å²) < 4.78 is 0.873. The Labute approximate surface area is 166 Å². The van der Waals surface area contributed by atoms with Crippen LogP contribution in [0.1, 0.15) is 43.6 Å². The van der Waals surface area contributed by atoms with Crippen molar-refractivity contribution >= 4 is 50.9 Å². The Morgan fingerprint density at radius 3 is 2.60 bits per heavy atom. The lowest BCUT2D eigenvalue weighted by Crippen LogP contribution is -2.23. The fraction of sp³-hybridized carbons (Fsp3) is 0.368. The lowest BCUT2D eigenvalue weighted by atomic mass is 9.87. The molecule has 0 aliphatic heterocycles. The van der Waals surface area contributed by atoms with Crippen LogP contribution >= 0.6 is 39.1 Å². The van der Waals surface area contributed by atoms with Crippen molar-refractivity contribution < 1.29 is 4.79 Å². The summed E-state index contributed by atoms with van der Waals surface area (Å²) in [5.74, 6) is 0.802. The zero-order valence-electron chi connectivity index (χ0n) is 13.6. The van der Waals surface area contributed by atoms with Crippen LogP contribution in [0.15, 0.2) is 41.0 Å². The molecule has 3 nitrogen and oxygen atoms in total. The van der Waals surface area contributed by atoms with E-state index in [-0.39, 0.29) is 11.8 Å². The first-order chi connectivity index (χ1) is 12.0. The zero-order chi connectivity index (χ0) is 17.8. The monoisotopic (exact) mass is 440 g/mol. The number of anilines is 1. The molecule has 1 saturated carbocycles. The normalized spacial score (nSPS) is 16.0. The van der Waals surface area contributed by atoms with Crippen LogP contribution < -0.4 is 5.32 Å². The Bertz CT molecular complexity index is 746. The number of halogens is 3. The molecule has 1 aromatic carbocycles. The van der Waals surface area contributed by atoms with Crippen LogP contribution in [0.4, 0.5) is 5.82 Å². The molecule has 1 heterocycles. The predicted molar refractivity (Wildman–Crippen MR) is 106 cm³/mol. The van der Waals surface area contributed by atoms with Crippen LogP contribution in [-0.2, 0) is 4.79 Å². The number of aromatic nitrogens is 1. The highest BCUT2D eigenvalue weighted by molar-refractivity contribution is 9.10. The molecular weight excluding hydrogens is 423 g/mol. The minimum absolute atomic E-state index is 0.0555. The summed E-state index contributed by atoms with van der Waals surface area (Å²) in [6, 6.07) is 9.09. The number of carbonyl (C=O) groups excluding carboxylic acids is 1. The second-order valence-corrected chi connectivity index (χ2v) is 8.19. The van der Waals surface area contributed by atoms with Crippen molar-refractivity contribution in [1.29, 1.82) is 0 Å². The molecular formula is C19H19BrCl2N2O. The minimum atomic E-state index is -0.261. The standard InChI is InChI=1S/C19H19BrCl2N2O/c20-14-6-8-18(23-11-14)24-19(25)15(9-12-3-1-2-4-12)13-5-7-16(21)17(22)10-13/h5-8,10-12,15H,1-4,9H2,(H,23,24,25). The van der Waals surface area contributed by atoms with Crippen molar-refractivity contribution in [1.82, 2.24) is 4.98 Å². The fourth-order valence-electron chi connectivity index (χ4n) is 3.37. The van der Waals surface area contributed by atoms with Crippen molar-refractivity contribution in [2.45, 2.75) is 38.0 Å². The Hall–Kier alpha value is -1.10. The molecule has 25 heavy (non-hydrogen) atoms. The van der Waals surface area contributed by atoms with E-state index in [2.05, 4.69) is 26.2 Å². The summed E-state index contributed by atoms with van der Waals surface area (Å²) in [6.07, 6.45) is 7.34. The molecule has 132 valence electrons. The second-order valence-electron chi connectivity index (χ2n) is 6.46. The topological polar surface area (TPSA) is 42.0 Å². The van der Waals surface area contributed by atoms with E-state index >= 15 is 0 Å². The van der Waals surface area contributed by atoms with Gasteiger partial charge in [0.1, 0.15) is 5.82 Å². The number of pyridine rings is 1. The highest BCUT2D eigenvalue weighted by Crippen LogP contribution is 2.36. The first-order valence-corrected chi connectivity index (χ1v) is 9.95. The van der Waals surface area contributed by atoms with Gasteiger partial charge in [0.05, 0.1) is 16.0 Å². The summed E-state index contributed by atoms with van der Waals surface area (Å²) >= 11 is 15.6. The molecule has 0 radical (unpaired) electrons. The Balaban J connectivity index is 1.82. The van der Waals surface area contributed by atoms with E-state index in [9.17, 15) is 4.79 Å². The molecule has 6 heteroatoms. The van der Waals surface area contributed by atoms with Gasteiger partial charge < -0.3 is 5.32 Å². The van der Waals surface area contributed by atoms with Gasteiger partial charge in [-0.3, -0.25) is 4.79 Å². The summed E-state index contributed by atoms with van der Waals surface area (Å²) in [7, 11) is 0. The summed E-state index contributed by atoms with van der Waals surface area (Å²) in [4.78, 5) is 17.2. The number of amides is 1. The number of nitrogens with one attached hydrogen (secondary N) is 1. The average Bonchev–Trinajstić information content (AvgIpc) is 3.10. The van der Waals surface area contributed by atoms with Crippen LogP contribution in [0.2, 0.25) is 10.0 Å². The van der Waals surface area contributed by atoms with E-state index in [0.717, 1.165) is 16.5 Å². The highest BCUT2D eigenvalue weighted by Gasteiger charge is 2.27. The van der Waals surface area contributed by atoms with Crippen LogP contribution in [0.3, 0.4) is 0 Å². The van der Waals surface area contributed by atoms with Gasteiger partial charge in [-0.05, 0) is 58.1 Å². The van der Waals surface area contributed by atoms with E-state index in [1.54, 1.807) is 24.4 Å². The number of benzene rings is 1. The van der Waals surface area contributed by atoms with Gasteiger partial charge in [-0.2, -0.15) is 0 Å². The molecule has 1 N–H and O–H groups in total. The number of nitrogens with zero attached hydrogens (tertiary/aromatic N) is 1. The highest BCUT2D eigenvalue weighted by atomic mass is 79.9. The largest absolute Gasteiger partial charge is 0.310 e. The van der Waals surface area contributed by atoms with Gasteiger partial charge in [0.2, 0.25) is 5.91 Å². The molecule has 1 unspecified atom stereocenters. The average molecular weight is 442 g/mol. The number of rotatable bonds is 5. The van der Waals surface area contributed by atoms with Crippen molar-refractivity contribution in [2.24, 2.45) is 5.92 Å². The van der Waals surface area contributed by atoms with E-state index in [1.165, 1.54) is 25.7 Å². The predicted octanol–water partition coefficient (Wildman–Crippen LogP) is 6.45. The van der Waals surface area contributed by atoms with Gasteiger partial charge >= 0.3 is 0 Å². The number of hydrogen-bond acceptors (Lipinski definition) is 2. The van der Waals surface area contributed by atoms with Gasteiger partial charge in [0.15, 0.2) is 0 Å². The molecule has 0 bridgehead atoms. The Morgan fingerprint density at radius 1 is 1.20 bits per heavy atom. The van der Waals surface area contributed by atoms with Crippen LogP contribution in [0.25, 0.3) is 0 Å². The van der Waals surface area contributed by atoms with Crippen LogP contribution in [0, 0.1) is 5.92 Å². The molecule has 0 saturated heterocycles. The van der Waals surface area contributed by atoms with E-state index in [0.29, 0.717) is 21.8 Å². The molecule has 2 aromatic rings. The first-order valence-electron chi connectivity index (χ1n) is 8.40. The van der Waals surface area contributed by atoms with Crippen LogP contribution in [0.5, 0.6) is 0 Å². The maximum Gasteiger partial charge on any atom is 0.233 e. The van der Waals surface area contributed by atoms with Gasteiger partial charge in [-0.15, -0.1) is 0 Å². The number of carbonyl (C=O) groups is 1. The van der Waals surface area contributed by atoms with E-state index in [1.807, 2.05) is 12.1 Å². The molecule has 1 atom stereocenters. The maximum atomic E-state index is 12.9. The van der Waals surface area contributed by atoms with Gasteiger partial charge in [-0.25, -0.2) is 4.98 Å². The third-order valence-corrected chi connectivity index (χ3v) is 5.89. The molecule has 1 aliphatic rings. The summed E-state index contributed by atoms with van der Waals surface area (Å²) in [6.45, 7) is 0. The van der Waals surface area contributed by atoms with Crippen LogP contribution in [-0.4, -0.2) is 10.9 Å².